The van der Waals surface area contributed by atoms with Crippen LogP contribution in [0.2, 0.25) is 0 Å². The molecule has 1 aromatic rings. The zero-order valence-corrected chi connectivity index (χ0v) is 8.23. The van der Waals surface area contributed by atoms with Crippen LogP contribution in [0.3, 0.4) is 0 Å². The van der Waals surface area contributed by atoms with E-state index in [2.05, 4.69) is 5.10 Å². The summed E-state index contributed by atoms with van der Waals surface area (Å²) in [5.41, 5.74) is 5.53. The van der Waals surface area contributed by atoms with Crippen molar-refractivity contribution in [2.24, 2.45) is 7.05 Å². The quantitative estimate of drug-likeness (QED) is 0.664. The predicted octanol–water partition coefficient (Wildman–Crippen LogP) is 0.000300. The Balaban J connectivity index is 2.32. The smallest absolute Gasteiger partial charge is 0.145 e. The highest BCUT2D eigenvalue weighted by atomic mass is 16.5. The molecule has 1 aromatic heterocycles. The standard InChI is InChI=1S/C9H15N3O2/c1-12-7(6-8(10)11-12)9(13)2-4-14-5-3-9/h6,13H,2-5H2,1H3,(H2,10,11). The van der Waals surface area contributed by atoms with Gasteiger partial charge in [-0.1, -0.05) is 0 Å². The molecule has 1 aliphatic rings. The Morgan fingerprint density at radius 2 is 2.21 bits per heavy atom. The fourth-order valence-electron chi connectivity index (χ4n) is 1.89. The van der Waals surface area contributed by atoms with E-state index in [1.807, 2.05) is 0 Å². The number of nitrogen functional groups attached to an aromatic ring is 1. The van der Waals surface area contributed by atoms with Crippen molar-refractivity contribution >= 4 is 5.82 Å². The van der Waals surface area contributed by atoms with E-state index in [0.717, 1.165) is 5.69 Å². The first-order chi connectivity index (χ1) is 6.62. The zero-order valence-electron chi connectivity index (χ0n) is 8.23. The third-order valence-electron chi connectivity index (χ3n) is 2.70. The molecule has 0 atom stereocenters. The lowest BCUT2D eigenvalue weighted by molar-refractivity contribution is -0.0725. The van der Waals surface area contributed by atoms with Crippen LogP contribution in [0, 0.1) is 0 Å². The highest BCUT2D eigenvalue weighted by molar-refractivity contribution is 5.32. The molecule has 0 bridgehead atoms. The summed E-state index contributed by atoms with van der Waals surface area (Å²) in [6, 6.07) is 1.73. The molecule has 3 N–H and O–H groups in total. The highest BCUT2D eigenvalue weighted by Crippen LogP contribution is 2.32. The van der Waals surface area contributed by atoms with E-state index < -0.39 is 5.60 Å². The van der Waals surface area contributed by atoms with Crippen LogP contribution in [0.4, 0.5) is 5.82 Å². The molecule has 5 nitrogen and oxygen atoms in total. The lowest BCUT2D eigenvalue weighted by atomic mass is 9.91. The Morgan fingerprint density at radius 1 is 1.57 bits per heavy atom. The Hall–Kier alpha value is -1.07. The molecule has 0 aliphatic carbocycles. The summed E-state index contributed by atoms with van der Waals surface area (Å²) >= 11 is 0. The number of hydrogen-bond acceptors (Lipinski definition) is 4. The van der Waals surface area contributed by atoms with Gasteiger partial charge in [0.15, 0.2) is 0 Å². The van der Waals surface area contributed by atoms with Crippen LogP contribution in [0.5, 0.6) is 0 Å². The van der Waals surface area contributed by atoms with Crippen molar-refractivity contribution in [1.29, 1.82) is 0 Å². The summed E-state index contributed by atoms with van der Waals surface area (Å²) in [6.45, 7) is 1.17. The second-order valence-corrected chi connectivity index (χ2v) is 3.72. The van der Waals surface area contributed by atoms with Gasteiger partial charge in [0, 0.05) is 39.2 Å². The minimum atomic E-state index is -0.822. The van der Waals surface area contributed by atoms with E-state index in [4.69, 9.17) is 10.5 Å². The molecule has 1 aliphatic heterocycles. The lowest BCUT2D eigenvalue weighted by Crippen LogP contribution is -2.35. The number of aliphatic hydroxyl groups is 1. The monoisotopic (exact) mass is 197 g/mol. The molecular weight excluding hydrogens is 182 g/mol. The van der Waals surface area contributed by atoms with E-state index in [0.29, 0.717) is 31.9 Å². The first kappa shape index (κ1) is 9.48. The third-order valence-corrected chi connectivity index (χ3v) is 2.70. The first-order valence-electron chi connectivity index (χ1n) is 4.72. The van der Waals surface area contributed by atoms with E-state index in [9.17, 15) is 5.11 Å². The van der Waals surface area contributed by atoms with E-state index >= 15 is 0 Å². The molecule has 78 valence electrons. The number of hydrogen-bond donors (Lipinski definition) is 2. The van der Waals surface area contributed by atoms with Gasteiger partial charge in [0.25, 0.3) is 0 Å². The molecule has 14 heavy (non-hydrogen) atoms. The molecule has 5 heteroatoms. The molecule has 1 saturated heterocycles. The van der Waals surface area contributed by atoms with Crippen LogP contribution in [-0.2, 0) is 17.4 Å². The van der Waals surface area contributed by atoms with Gasteiger partial charge >= 0.3 is 0 Å². The van der Waals surface area contributed by atoms with Crippen molar-refractivity contribution < 1.29 is 9.84 Å². The number of aromatic nitrogens is 2. The zero-order chi connectivity index (χ0) is 10.2. The molecule has 0 unspecified atom stereocenters. The summed E-state index contributed by atoms with van der Waals surface area (Å²) in [5.74, 6) is 0.447. The van der Waals surface area contributed by atoms with Crippen molar-refractivity contribution in [3.63, 3.8) is 0 Å². The van der Waals surface area contributed by atoms with E-state index in [-0.39, 0.29) is 0 Å². The molecule has 2 rings (SSSR count). The molecule has 0 spiro atoms. The SMILES string of the molecule is Cn1nc(N)cc1C1(O)CCOCC1. The summed E-state index contributed by atoms with van der Waals surface area (Å²) in [5, 5.41) is 14.4. The van der Waals surface area contributed by atoms with Gasteiger partial charge in [-0.05, 0) is 0 Å². The van der Waals surface area contributed by atoms with Crippen LogP contribution in [0.25, 0.3) is 0 Å². The second kappa shape index (κ2) is 3.25. The second-order valence-electron chi connectivity index (χ2n) is 3.72. The summed E-state index contributed by atoms with van der Waals surface area (Å²) in [6.07, 6.45) is 1.21. The van der Waals surface area contributed by atoms with E-state index in [1.165, 1.54) is 0 Å². The lowest BCUT2D eigenvalue weighted by Gasteiger charge is -2.31. The number of nitrogens with zero attached hydrogens (tertiary/aromatic N) is 2. The Bertz CT molecular complexity index is 329. The summed E-state index contributed by atoms with van der Waals surface area (Å²) in [4.78, 5) is 0. The Morgan fingerprint density at radius 3 is 2.71 bits per heavy atom. The predicted molar refractivity (Wildman–Crippen MR) is 51.6 cm³/mol. The summed E-state index contributed by atoms with van der Waals surface area (Å²) < 4.78 is 6.85. The maximum Gasteiger partial charge on any atom is 0.145 e. The minimum absolute atomic E-state index is 0.447. The normalized spacial score (nSPS) is 21.0. The Kier molecular flexibility index (Phi) is 2.20. The van der Waals surface area contributed by atoms with Gasteiger partial charge in [0.2, 0.25) is 0 Å². The third kappa shape index (κ3) is 1.49. The molecule has 2 heterocycles. The van der Waals surface area contributed by atoms with Crippen LogP contribution >= 0.6 is 0 Å². The van der Waals surface area contributed by atoms with Gasteiger partial charge in [0.1, 0.15) is 11.4 Å². The van der Waals surface area contributed by atoms with E-state index in [1.54, 1.807) is 17.8 Å². The van der Waals surface area contributed by atoms with Crippen molar-refractivity contribution in [3.05, 3.63) is 11.8 Å². The fourth-order valence-corrected chi connectivity index (χ4v) is 1.89. The van der Waals surface area contributed by atoms with Crippen molar-refractivity contribution in [1.82, 2.24) is 9.78 Å². The number of anilines is 1. The highest BCUT2D eigenvalue weighted by Gasteiger charge is 2.34. The Labute approximate surface area is 82.5 Å². The van der Waals surface area contributed by atoms with Crippen LogP contribution in [0.1, 0.15) is 18.5 Å². The number of nitrogens with two attached hydrogens (primary N) is 1. The molecule has 0 saturated carbocycles. The van der Waals surface area contributed by atoms with Crippen LogP contribution in [0.15, 0.2) is 6.07 Å². The van der Waals surface area contributed by atoms with Crippen LogP contribution in [-0.4, -0.2) is 28.1 Å². The van der Waals surface area contributed by atoms with Gasteiger partial charge in [-0.25, -0.2) is 0 Å². The average molecular weight is 197 g/mol. The van der Waals surface area contributed by atoms with Gasteiger partial charge in [0.05, 0.1) is 5.69 Å². The minimum Gasteiger partial charge on any atom is -0.383 e. The first-order valence-corrected chi connectivity index (χ1v) is 4.72. The molecule has 1 fully saturated rings. The molecule has 0 amide bonds. The van der Waals surface area contributed by atoms with Gasteiger partial charge in [-0.3, -0.25) is 4.68 Å². The van der Waals surface area contributed by atoms with Crippen LogP contribution < -0.4 is 5.73 Å². The van der Waals surface area contributed by atoms with Crippen molar-refractivity contribution in [3.8, 4) is 0 Å². The van der Waals surface area contributed by atoms with Crippen molar-refractivity contribution in [2.45, 2.75) is 18.4 Å². The maximum absolute atomic E-state index is 10.3. The molecular formula is C9H15N3O2. The van der Waals surface area contributed by atoms with Gasteiger partial charge in [-0.2, -0.15) is 5.10 Å². The molecule has 0 radical (unpaired) electrons. The van der Waals surface area contributed by atoms with Gasteiger partial charge < -0.3 is 15.6 Å². The average Bonchev–Trinajstić information content (AvgIpc) is 2.47. The fraction of sp³-hybridized carbons (Fsp3) is 0.667. The topological polar surface area (TPSA) is 73.3 Å². The largest absolute Gasteiger partial charge is 0.383 e. The number of rotatable bonds is 1. The van der Waals surface area contributed by atoms with Gasteiger partial charge in [-0.15, -0.1) is 0 Å². The number of aryl methyl sites for hydroxylation is 1. The summed E-state index contributed by atoms with van der Waals surface area (Å²) in [7, 11) is 1.79. The maximum atomic E-state index is 10.3. The van der Waals surface area contributed by atoms with Crippen molar-refractivity contribution in [2.75, 3.05) is 18.9 Å². The molecule has 0 aromatic carbocycles. The number of ether oxygens (including phenoxy) is 1.